The standard InChI is InChI=1S/C15H18N2O3/c18-14-13-9-17(7-6-12(13)8-16-14)15(19)20-10-11-4-2-1-3-5-11/h1-5,12-13H,6-10H2,(H,16,18)/t12-,13-/m1/s1. The van der Waals surface area contributed by atoms with Gasteiger partial charge in [0.1, 0.15) is 6.61 Å². The number of rotatable bonds is 2. The van der Waals surface area contributed by atoms with E-state index in [1.165, 1.54) is 0 Å². The average Bonchev–Trinajstić information content (AvgIpc) is 2.87. The van der Waals surface area contributed by atoms with Gasteiger partial charge in [-0.2, -0.15) is 0 Å². The third kappa shape index (κ3) is 2.61. The first kappa shape index (κ1) is 13.0. The van der Waals surface area contributed by atoms with Crippen molar-refractivity contribution in [2.24, 2.45) is 11.8 Å². The molecule has 0 aromatic heterocycles. The Morgan fingerprint density at radius 3 is 2.95 bits per heavy atom. The van der Waals surface area contributed by atoms with Crippen LogP contribution in [0.3, 0.4) is 0 Å². The van der Waals surface area contributed by atoms with Crippen LogP contribution in [0.15, 0.2) is 30.3 Å². The summed E-state index contributed by atoms with van der Waals surface area (Å²) < 4.78 is 5.31. The lowest BCUT2D eigenvalue weighted by Crippen LogP contribution is -2.44. The summed E-state index contributed by atoms with van der Waals surface area (Å²) in [6, 6.07) is 9.59. The number of carbonyl (C=O) groups excluding carboxylic acids is 2. The minimum Gasteiger partial charge on any atom is -0.445 e. The van der Waals surface area contributed by atoms with E-state index in [1.807, 2.05) is 30.3 Å². The predicted molar refractivity (Wildman–Crippen MR) is 72.8 cm³/mol. The van der Waals surface area contributed by atoms with Gasteiger partial charge in [-0.25, -0.2) is 4.79 Å². The molecule has 2 fully saturated rings. The molecular weight excluding hydrogens is 256 g/mol. The molecule has 2 atom stereocenters. The van der Waals surface area contributed by atoms with Gasteiger partial charge in [-0.3, -0.25) is 4.79 Å². The molecule has 1 aromatic carbocycles. The summed E-state index contributed by atoms with van der Waals surface area (Å²) in [6.07, 6.45) is 0.538. The molecule has 0 bridgehead atoms. The molecule has 5 heteroatoms. The molecule has 0 unspecified atom stereocenters. The van der Waals surface area contributed by atoms with E-state index >= 15 is 0 Å². The first-order chi connectivity index (χ1) is 9.74. The highest BCUT2D eigenvalue weighted by Crippen LogP contribution is 2.27. The fourth-order valence-electron chi connectivity index (χ4n) is 2.88. The molecule has 1 aromatic rings. The summed E-state index contributed by atoms with van der Waals surface area (Å²) in [5.41, 5.74) is 0.967. The van der Waals surface area contributed by atoms with Crippen LogP contribution < -0.4 is 5.32 Å². The van der Waals surface area contributed by atoms with Crippen molar-refractivity contribution >= 4 is 12.0 Å². The van der Waals surface area contributed by atoms with Gasteiger partial charge in [-0.15, -0.1) is 0 Å². The van der Waals surface area contributed by atoms with Gasteiger partial charge >= 0.3 is 6.09 Å². The second kappa shape index (κ2) is 5.53. The fourth-order valence-corrected chi connectivity index (χ4v) is 2.88. The van der Waals surface area contributed by atoms with E-state index in [2.05, 4.69) is 5.32 Å². The Morgan fingerprint density at radius 2 is 2.15 bits per heavy atom. The number of nitrogens with zero attached hydrogens (tertiary/aromatic N) is 1. The maximum atomic E-state index is 12.0. The molecular formula is C15H18N2O3. The Morgan fingerprint density at radius 1 is 1.35 bits per heavy atom. The molecule has 0 aliphatic carbocycles. The molecule has 106 valence electrons. The third-order valence-electron chi connectivity index (χ3n) is 4.09. The summed E-state index contributed by atoms with van der Waals surface area (Å²) in [6.45, 7) is 2.17. The Kier molecular flexibility index (Phi) is 3.58. The summed E-state index contributed by atoms with van der Waals surface area (Å²) in [7, 11) is 0. The number of likely N-dealkylation sites (tertiary alicyclic amines) is 1. The summed E-state index contributed by atoms with van der Waals surface area (Å²) >= 11 is 0. The minimum absolute atomic E-state index is 0.0620. The van der Waals surface area contributed by atoms with Gasteiger partial charge in [0.15, 0.2) is 0 Å². The topological polar surface area (TPSA) is 58.6 Å². The molecule has 2 aliphatic rings. The monoisotopic (exact) mass is 274 g/mol. The maximum absolute atomic E-state index is 12.0. The molecule has 2 aliphatic heterocycles. The number of hydrogen-bond donors (Lipinski definition) is 1. The highest BCUT2D eigenvalue weighted by Gasteiger charge is 2.40. The highest BCUT2D eigenvalue weighted by molar-refractivity contribution is 5.82. The van der Waals surface area contributed by atoms with Gasteiger partial charge < -0.3 is 15.0 Å². The van der Waals surface area contributed by atoms with Crippen molar-refractivity contribution in [3.8, 4) is 0 Å². The van der Waals surface area contributed by atoms with Crippen molar-refractivity contribution in [1.29, 1.82) is 0 Å². The molecule has 0 radical (unpaired) electrons. The first-order valence-corrected chi connectivity index (χ1v) is 6.97. The Balaban J connectivity index is 1.54. The highest BCUT2D eigenvalue weighted by atomic mass is 16.6. The van der Waals surface area contributed by atoms with Crippen molar-refractivity contribution in [2.75, 3.05) is 19.6 Å². The number of hydrogen-bond acceptors (Lipinski definition) is 3. The quantitative estimate of drug-likeness (QED) is 0.886. The predicted octanol–water partition coefficient (Wildman–Crippen LogP) is 1.39. The van der Waals surface area contributed by atoms with Crippen molar-refractivity contribution in [2.45, 2.75) is 13.0 Å². The van der Waals surface area contributed by atoms with Crippen LogP contribution in [0.1, 0.15) is 12.0 Å². The minimum atomic E-state index is -0.327. The summed E-state index contributed by atoms with van der Waals surface area (Å²) in [4.78, 5) is 25.4. The van der Waals surface area contributed by atoms with Crippen LogP contribution in [-0.2, 0) is 16.1 Å². The third-order valence-corrected chi connectivity index (χ3v) is 4.09. The number of amides is 2. The second-order valence-electron chi connectivity index (χ2n) is 5.39. The van der Waals surface area contributed by atoms with Crippen LogP contribution in [-0.4, -0.2) is 36.5 Å². The lowest BCUT2D eigenvalue weighted by Gasteiger charge is -2.32. The summed E-state index contributed by atoms with van der Waals surface area (Å²) in [5.74, 6) is 0.379. The Bertz CT molecular complexity index is 503. The number of piperidine rings is 1. The van der Waals surface area contributed by atoms with E-state index < -0.39 is 0 Å². The second-order valence-corrected chi connectivity index (χ2v) is 5.39. The van der Waals surface area contributed by atoms with Crippen molar-refractivity contribution < 1.29 is 14.3 Å². The zero-order valence-electron chi connectivity index (χ0n) is 11.2. The van der Waals surface area contributed by atoms with E-state index in [0.29, 0.717) is 19.0 Å². The maximum Gasteiger partial charge on any atom is 0.410 e. The van der Waals surface area contributed by atoms with Gasteiger partial charge in [-0.1, -0.05) is 30.3 Å². The van der Waals surface area contributed by atoms with Crippen molar-refractivity contribution in [3.63, 3.8) is 0 Å². The Labute approximate surface area is 117 Å². The molecule has 0 saturated carbocycles. The molecule has 20 heavy (non-hydrogen) atoms. The molecule has 5 nitrogen and oxygen atoms in total. The van der Waals surface area contributed by atoms with E-state index in [0.717, 1.165) is 18.5 Å². The zero-order valence-corrected chi connectivity index (χ0v) is 11.2. The lowest BCUT2D eigenvalue weighted by molar-refractivity contribution is -0.124. The average molecular weight is 274 g/mol. The van der Waals surface area contributed by atoms with Gasteiger partial charge in [0.2, 0.25) is 5.91 Å². The zero-order chi connectivity index (χ0) is 13.9. The number of fused-ring (bicyclic) bond motifs is 1. The SMILES string of the molecule is O=C1NC[C@H]2CCN(C(=O)OCc3ccccc3)C[C@@H]12. The van der Waals surface area contributed by atoms with E-state index in [-0.39, 0.29) is 24.5 Å². The largest absolute Gasteiger partial charge is 0.445 e. The fraction of sp³-hybridized carbons (Fsp3) is 0.467. The molecule has 1 N–H and O–H groups in total. The first-order valence-electron chi connectivity index (χ1n) is 6.97. The lowest BCUT2D eigenvalue weighted by atomic mass is 9.88. The molecule has 2 amide bonds. The van der Waals surface area contributed by atoms with Crippen molar-refractivity contribution in [3.05, 3.63) is 35.9 Å². The number of benzene rings is 1. The molecule has 0 spiro atoms. The Hall–Kier alpha value is -2.04. The van der Waals surface area contributed by atoms with E-state index in [4.69, 9.17) is 4.74 Å². The van der Waals surface area contributed by atoms with Crippen LogP contribution in [0.25, 0.3) is 0 Å². The van der Waals surface area contributed by atoms with E-state index in [1.54, 1.807) is 4.90 Å². The van der Waals surface area contributed by atoms with Crippen LogP contribution in [0.4, 0.5) is 4.79 Å². The number of carbonyl (C=O) groups is 2. The number of ether oxygens (including phenoxy) is 1. The van der Waals surface area contributed by atoms with Gasteiger partial charge in [0.25, 0.3) is 0 Å². The summed E-state index contributed by atoms with van der Waals surface area (Å²) in [5, 5.41) is 2.86. The molecule has 2 heterocycles. The van der Waals surface area contributed by atoms with Gasteiger partial charge in [-0.05, 0) is 17.9 Å². The smallest absolute Gasteiger partial charge is 0.410 e. The van der Waals surface area contributed by atoms with Crippen LogP contribution >= 0.6 is 0 Å². The molecule has 2 saturated heterocycles. The number of nitrogens with one attached hydrogen (secondary N) is 1. The van der Waals surface area contributed by atoms with Gasteiger partial charge in [0.05, 0.1) is 5.92 Å². The van der Waals surface area contributed by atoms with Crippen LogP contribution in [0.2, 0.25) is 0 Å². The normalized spacial score (nSPS) is 25.0. The van der Waals surface area contributed by atoms with Gasteiger partial charge in [0, 0.05) is 19.6 Å². The molecule has 3 rings (SSSR count). The van der Waals surface area contributed by atoms with E-state index in [9.17, 15) is 9.59 Å². The van der Waals surface area contributed by atoms with Crippen molar-refractivity contribution in [1.82, 2.24) is 10.2 Å². The van der Waals surface area contributed by atoms with Crippen LogP contribution in [0.5, 0.6) is 0 Å². The van der Waals surface area contributed by atoms with Crippen LogP contribution in [0, 0.1) is 11.8 Å².